The maximum atomic E-state index is 12.5. The summed E-state index contributed by atoms with van der Waals surface area (Å²) in [4.78, 5) is 29.0. The maximum Gasteiger partial charge on any atom is 0.328 e. The van der Waals surface area contributed by atoms with E-state index in [1.54, 1.807) is 30.0 Å². The first-order valence-corrected chi connectivity index (χ1v) is 12.0. The predicted molar refractivity (Wildman–Crippen MR) is 125 cm³/mol. The molecule has 0 aliphatic carbocycles. The zero-order valence-electron chi connectivity index (χ0n) is 17.2. The van der Waals surface area contributed by atoms with Crippen LogP contribution in [0.25, 0.3) is 0 Å². The van der Waals surface area contributed by atoms with Crippen molar-refractivity contribution in [1.82, 2.24) is 10.6 Å². The number of thioether (sulfide) groups is 1. The summed E-state index contributed by atoms with van der Waals surface area (Å²) in [6.45, 7) is 1.89. The van der Waals surface area contributed by atoms with Crippen molar-refractivity contribution in [2.24, 2.45) is 4.99 Å². The predicted octanol–water partition coefficient (Wildman–Crippen LogP) is 4.69. The van der Waals surface area contributed by atoms with Gasteiger partial charge in [-0.1, -0.05) is 73.1 Å². The van der Waals surface area contributed by atoms with Gasteiger partial charge in [0.2, 0.25) is 0 Å². The highest BCUT2D eigenvalue weighted by molar-refractivity contribution is 8.14. The minimum absolute atomic E-state index is 0.172. The van der Waals surface area contributed by atoms with Gasteiger partial charge >= 0.3 is 5.97 Å². The van der Waals surface area contributed by atoms with Crippen molar-refractivity contribution < 1.29 is 14.3 Å². The quantitative estimate of drug-likeness (QED) is 0.340. The van der Waals surface area contributed by atoms with Gasteiger partial charge in [0, 0.05) is 12.3 Å². The number of unbranched alkanes of at least 4 members (excludes halogenated alkanes) is 5. The molecule has 2 N–H and O–H groups in total. The Labute approximate surface area is 192 Å². The van der Waals surface area contributed by atoms with E-state index in [0.717, 1.165) is 62.5 Å². The summed E-state index contributed by atoms with van der Waals surface area (Å²) in [7, 11) is 1.31. The van der Waals surface area contributed by atoms with Crippen LogP contribution in [0.15, 0.2) is 23.2 Å². The van der Waals surface area contributed by atoms with Crippen molar-refractivity contribution >= 4 is 52.0 Å². The average molecular weight is 474 g/mol. The molecule has 2 rings (SSSR count). The third-order valence-corrected chi connectivity index (χ3v) is 6.33. The molecule has 0 fully saturated rings. The zero-order valence-corrected chi connectivity index (χ0v) is 19.5. The van der Waals surface area contributed by atoms with Gasteiger partial charge < -0.3 is 15.4 Å². The largest absolute Gasteiger partial charge is 0.467 e. The summed E-state index contributed by atoms with van der Waals surface area (Å²) in [6, 6.07) is 4.12. The number of hydrogen-bond acceptors (Lipinski definition) is 6. The lowest BCUT2D eigenvalue weighted by molar-refractivity contribution is -0.143. The number of halogens is 2. The molecule has 6 nitrogen and oxygen atoms in total. The van der Waals surface area contributed by atoms with Crippen molar-refractivity contribution in [3.05, 3.63) is 33.8 Å². The van der Waals surface area contributed by atoms with E-state index in [2.05, 4.69) is 15.6 Å². The molecule has 1 aliphatic rings. The molecule has 0 saturated carbocycles. The number of carbonyl (C=O) groups excluding carboxylic acids is 2. The molecular weight excluding hydrogens is 445 g/mol. The number of methoxy groups -OCH3 is 1. The number of nitrogens with zero attached hydrogens (tertiary/aromatic N) is 1. The number of benzene rings is 1. The van der Waals surface area contributed by atoms with Crippen LogP contribution in [-0.4, -0.2) is 49.0 Å². The molecule has 166 valence electrons. The van der Waals surface area contributed by atoms with Crippen molar-refractivity contribution in [2.45, 2.75) is 51.0 Å². The third-order valence-electron chi connectivity index (χ3n) is 4.76. The number of hydrogen-bond donors (Lipinski definition) is 2. The SMILES string of the molecule is COC(=O)[C@H](CCCCCCCCNC1=NCCS1)NC(=O)c1c(Cl)cccc1Cl. The van der Waals surface area contributed by atoms with Gasteiger partial charge in [-0.15, -0.1) is 0 Å². The van der Waals surface area contributed by atoms with Crippen LogP contribution in [0.1, 0.15) is 55.3 Å². The van der Waals surface area contributed by atoms with Crippen LogP contribution in [0.4, 0.5) is 0 Å². The summed E-state index contributed by atoms with van der Waals surface area (Å²) in [5, 5.41) is 7.63. The molecule has 0 radical (unpaired) electrons. The Kier molecular flexibility index (Phi) is 11.4. The minimum Gasteiger partial charge on any atom is -0.467 e. The van der Waals surface area contributed by atoms with Crippen LogP contribution in [0.2, 0.25) is 10.0 Å². The van der Waals surface area contributed by atoms with Crippen LogP contribution < -0.4 is 10.6 Å². The van der Waals surface area contributed by atoms with E-state index in [1.807, 2.05) is 0 Å². The molecule has 1 aromatic carbocycles. The van der Waals surface area contributed by atoms with Gasteiger partial charge in [-0.2, -0.15) is 0 Å². The standard InChI is InChI=1S/C21H29Cl2N3O3S/c1-29-20(28)17(26-19(27)18-15(22)9-8-10-16(18)23)11-6-4-2-3-5-7-12-24-21-25-13-14-30-21/h8-10,17H,2-7,11-14H2,1H3,(H,24,25)(H,26,27)/t17-/m0/s1. The zero-order chi connectivity index (χ0) is 21.8. The van der Waals surface area contributed by atoms with Gasteiger partial charge in [0.1, 0.15) is 6.04 Å². The van der Waals surface area contributed by atoms with Crippen LogP contribution in [0, 0.1) is 0 Å². The van der Waals surface area contributed by atoms with E-state index in [0.29, 0.717) is 6.42 Å². The van der Waals surface area contributed by atoms with E-state index in [-0.39, 0.29) is 15.6 Å². The highest BCUT2D eigenvalue weighted by Gasteiger charge is 2.24. The highest BCUT2D eigenvalue weighted by atomic mass is 35.5. The lowest BCUT2D eigenvalue weighted by Gasteiger charge is -2.17. The van der Waals surface area contributed by atoms with E-state index in [4.69, 9.17) is 27.9 Å². The molecule has 1 atom stereocenters. The normalized spacial score (nSPS) is 14.2. The number of ether oxygens (including phenoxy) is 1. The average Bonchev–Trinajstić information content (AvgIpc) is 3.24. The Morgan fingerprint density at radius 3 is 2.43 bits per heavy atom. The van der Waals surface area contributed by atoms with Gasteiger partial charge in [-0.05, 0) is 25.0 Å². The molecule has 1 amide bonds. The van der Waals surface area contributed by atoms with E-state index < -0.39 is 17.9 Å². The second-order valence-electron chi connectivity index (χ2n) is 7.02. The van der Waals surface area contributed by atoms with Crippen LogP contribution in [-0.2, 0) is 9.53 Å². The Balaban J connectivity index is 1.66. The first-order chi connectivity index (χ1) is 14.5. The van der Waals surface area contributed by atoms with E-state index in [9.17, 15) is 9.59 Å². The van der Waals surface area contributed by atoms with Crippen LogP contribution in [0.3, 0.4) is 0 Å². The maximum absolute atomic E-state index is 12.5. The first kappa shape index (κ1) is 24.8. The summed E-state index contributed by atoms with van der Waals surface area (Å²) in [5.74, 6) is 0.143. The van der Waals surface area contributed by atoms with Gasteiger partial charge in [0.05, 0.1) is 29.3 Å². The smallest absolute Gasteiger partial charge is 0.328 e. The van der Waals surface area contributed by atoms with E-state index >= 15 is 0 Å². The molecule has 0 aromatic heterocycles. The Morgan fingerprint density at radius 1 is 1.13 bits per heavy atom. The van der Waals surface area contributed by atoms with Crippen LogP contribution >= 0.6 is 35.0 Å². The number of nitrogens with one attached hydrogen (secondary N) is 2. The summed E-state index contributed by atoms with van der Waals surface area (Å²) >= 11 is 13.9. The molecule has 1 aliphatic heterocycles. The topological polar surface area (TPSA) is 79.8 Å². The fourth-order valence-corrected chi connectivity index (χ4v) is 4.49. The fourth-order valence-electron chi connectivity index (χ4n) is 3.15. The molecule has 30 heavy (non-hydrogen) atoms. The molecule has 9 heteroatoms. The Bertz CT molecular complexity index is 726. The molecule has 0 saturated heterocycles. The second kappa shape index (κ2) is 13.8. The number of esters is 1. The monoisotopic (exact) mass is 473 g/mol. The molecule has 1 aromatic rings. The summed E-state index contributed by atoms with van der Waals surface area (Å²) < 4.78 is 4.84. The lowest BCUT2D eigenvalue weighted by atomic mass is 10.0. The number of amides is 1. The molecular formula is C21H29Cl2N3O3S. The highest BCUT2D eigenvalue weighted by Crippen LogP contribution is 2.24. The first-order valence-electron chi connectivity index (χ1n) is 10.3. The second-order valence-corrected chi connectivity index (χ2v) is 8.92. The van der Waals surface area contributed by atoms with E-state index in [1.165, 1.54) is 7.11 Å². The summed E-state index contributed by atoms with van der Waals surface area (Å²) in [5.41, 5.74) is 0.172. The van der Waals surface area contributed by atoms with Gasteiger partial charge in [-0.3, -0.25) is 9.79 Å². The minimum atomic E-state index is -0.719. The number of carbonyl (C=O) groups is 2. The van der Waals surface area contributed by atoms with Gasteiger partial charge in [0.25, 0.3) is 5.91 Å². The van der Waals surface area contributed by atoms with Crippen molar-refractivity contribution in [3.8, 4) is 0 Å². The van der Waals surface area contributed by atoms with Crippen molar-refractivity contribution in [1.29, 1.82) is 0 Å². The van der Waals surface area contributed by atoms with Crippen molar-refractivity contribution in [2.75, 3.05) is 26.0 Å². The van der Waals surface area contributed by atoms with Crippen LogP contribution in [0.5, 0.6) is 0 Å². The van der Waals surface area contributed by atoms with Gasteiger partial charge in [0.15, 0.2) is 5.17 Å². The number of rotatable bonds is 12. The molecule has 0 unspecified atom stereocenters. The van der Waals surface area contributed by atoms with Crippen molar-refractivity contribution in [3.63, 3.8) is 0 Å². The lowest BCUT2D eigenvalue weighted by Crippen LogP contribution is -2.41. The third kappa shape index (κ3) is 8.36. The van der Waals surface area contributed by atoms with Gasteiger partial charge in [-0.25, -0.2) is 4.79 Å². The molecule has 0 bridgehead atoms. The fraction of sp³-hybridized carbons (Fsp3) is 0.571. The Hall–Kier alpha value is -1.44. The number of aliphatic imine (C=N–C) groups is 1. The molecule has 1 heterocycles. The number of amidine groups is 1. The Morgan fingerprint density at radius 2 is 1.80 bits per heavy atom. The summed E-state index contributed by atoms with van der Waals surface area (Å²) in [6.07, 6.45) is 6.85. The molecule has 0 spiro atoms.